The molecule has 0 unspecified atom stereocenters. The van der Waals surface area contributed by atoms with Crippen LogP contribution in [0.2, 0.25) is 5.02 Å². The number of aromatic nitrogens is 1. The summed E-state index contributed by atoms with van der Waals surface area (Å²) in [4.78, 5) is 15.7. The zero-order chi connectivity index (χ0) is 15.4. The van der Waals surface area contributed by atoms with Crippen molar-refractivity contribution in [2.45, 2.75) is 44.7 Å². The Kier molecular flexibility index (Phi) is 5.25. The monoisotopic (exact) mass is 312 g/mol. The Morgan fingerprint density at radius 1 is 1.48 bits per heavy atom. The molecular weight excluding hydrogens is 292 g/mol. The van der Waals surface area contributed by atoms with Gasteiger partial charge in [0.25, 0.3) is 5.91 Å². The highest BCUT2D eigenvalue weighted by atomic mass is 35.5. The molecule has 1 aliphatic carbocycles. The van der Waals surface area contributed by atoms with Gasteiger partial charge in [0.05, 0.1) is 11.6 Å². The van der Waals surface area contributed by atoms with E-state index in [2.05, 4.69) is 10.3 Å². The van der Waals surface area contributed by atoms with Gasteiger partial charge in [0.15, 0.2) is 0 Å². The number of nitrogens with one attached hydrogen (secondary N) is 1. The van der Waals surface area contributed by atoms with Crippen molar-refractivity contribution in [3.63, 3.8) is 0 Å². The highest BCUT2D eigenvalue weighted by Gasteiger charge is 2.21. The Labute approximate surface area is 129 Å². The minimum absolute atomic E-state index is 0.193. The summed E-state index contributed by atoms with van der Waals surface area (Å²) in [6, 6.07) is 2.06. The second kappa shape index (κ2) is 6.95. The summed E-state index contributed by atoms with van der Waals surface area (Å²) in [6.45, 7) is 2.21. The van der Waals surface area contributed by atoms with Crippen molar-refractivity contribution >= 4 is 23.3 Å². The van der Waals surface area contributed by atoms with E-state index in [9.17, 15) is 4.79 Å². The van der Waals surface area contributed by atoms with E-state index in [1.807, 2.05) is 6.92 Å². The van der Waals surface area contributed by atoms with Gasteiger partial charge in [-0.05, 0) is 38.7 Å². The zero-order valence-electron chi connectivity index (χ0n) is 12.1. The summed E-state index contributed by atoms with van der Waals surface area (Å²) in [5, 5.41) is 3.67. The number of pyridine rings is 1. The maximum atomic E-state index is 11.4. The molecule has 1 fully saturated rings. The van der Waals surface area contributed by atoms with E-state index < -0.39 is 5.91 Å². The molecule has 116 valence electrons. The SMILES string of the molecule is CCOc1nc(N[C@H]2CC[C@H](N)CC2)c(Cl)cc1C(N)=O. The lowest BCUT2D eigenvalue weighted by Gasteiger charge is -2.27. The van der Waals surface area contributed by atoms with Gasteiger partial charge < -0.3 is 21.5 Å². The van der Waals surface area contributed by atoms with Crippen molar-refractivity contribution < 1.29 is 9.53 Å². The Balaban J connectivity index is 2.19. The topological polar surface area (TPSA) is 103 Å². The molecule has 5 N–H and O–H groups in total. The second-order valence-electron chi connectivity index (χ2n) is 5.22. The summed E-state index contributed by atoms with van der Waals surface area (Å²) in [7, 11) is 0. The van der Waals surface area contributed by atoms with Gasteiger partial charge in [-0.2, -0.15) is 4.98 Å². The predicted molar refractivity (Wildman–Crippen MR) is 82.8 cm³/mol. The molecule has 0 spiro atoms. The van der Waals surface area contributed by atoms with E-state index in [0.717, 1.165) is 25.7 Å². The van der Waals surface area contributed by atoms with Crippen LogP contribution in [0.15, 0.2) is 6.07 Å². The van der Waals surface area contributed by atoms with Crippen LogP contribution in [-0.4, -0.2) is 29.6 Å². The Hall–Kier alpha value is -1.53. The minimum atomic E-state index is -0.608. The number of primary amides is 1. The largest absolute Gasteiger partial charge is 0.477 e. The molecule has 21 heavy (non-hydrogen) atoms. The molecule has 1 amide bonds. The van der Waals surface area contributed by atoms with E-state index in [-0.39, 0.29) is 23.5 Å². The number of anilines is 1. The van der Waals surface area contributed by atoms with Crippen LogP contribution in [0.25, 0.3) is 0 Å². The van der Waals surface area contributed by atoms with Gasteiger partial charge in [0.2, 0.25) is 5.88 Å². The zero-order valence-corrected chi connectivity index (χ0v) is 12.8. The van der Waals surface area contributed by atoms with Crippen molar-refractivity contribution in [1.29, 1.82) is 0 Å². The van der Waals surface area contributed by atoms with Crippen molar-refractivity contribution in [3.05, 3.63) is 16.7 Å². The van der Waals surface area contributed by atoms with E-state index in [1.54, 1.807) is 0 Å². The minimum Gasteiger partial charge on any atom is -0.477 e. The van der Waals surface area contributed by atoms with Crippen molar-refractivity contribution in [3.8, 4) is 5.88 Å². The number of halogens is 1. The fourth-order valence-electron chi connectivity index (χ4n) is 2.45. The predicted octanol–water partition coefficient (Wildman–Crippen LogP) is 1.91. The number of hydrogen-bond donors (Lipinski definition) is 3. The molecule has 2 rings (SSSR count). The third kappa shape index (κ3) is 3.98. The number of nitrogens with zero attached hydrogens (tertiary/aromatic N) is 1. The highest BCUT2D eigenvalue weighted by molar-refractivity contribution is 6.33. The number of carbonyl (C=O) groups is 1. The first kappa shape index (κ1) is 15.9. The number of hydrogen-bond acceptors (Lipinski definition) is 5. The quantitative estimate of drug-likeness (QED) is 0.770. The van der Waals surface area contributed by atoms with E-state index >= 15 is 0 Å². The molecule has 0 atom stereocenters. The molecule has 1 aliphatic rings. The molecular formula is C14H21ClN4O2. The number of rotatable bonds is 5. The van der Waals surface area contributed by atoms with E-state index in [0.29, 0.717) is 17.4 Å². The average molecular weight is 313 g/mol. The smallest absolute Gasteiger partial charge is 0.254 e. The van der Waals surface area contributed by atoms with Gasteiger partial charge in [-0.15, -0.1) is 0 Å². The summed E-state index contributed by atoms with van der Waals surface area (Å²) >= 11 is 6.18. The van der Waals surface area contributed by atoms with Gasteiger partial charge in [-0.3, -0.25) is 4.79 Å². The van der Waals surface area contributed by atoms with Gasteiger partial charge in [0.1, 0.15) is 11.4 Å². The fraction of sp³-hybridized carbons (Fsp3) is 0.571. The summed E-state index contributed by atoms with van der Waals surface area (Å²) in [6.07, 6.45) is 3.90. The highest BCUT2D eigenvalue weighted by Crippen LogP contribution is 2.29. The molecule has 0 radical (unpaired) electrons. The lowest BCUT2D eigenvalue weighted by Crippen LogP contribution is -2.33. The maximum absolute atomic E-state index is 11.4. The summed E-state index contributed by atoms with van der Waals surface area (Å²) in [5.74, 6) is 0.123. The third-order valence-corrected chi connectivity index (χ3v) is 3.89. The number of amides is 1. The number of ether oxygens (including phenoxy) is 1. The average Bonchev–Trinajstić information content (AvgIpc) is 2.44. The van der Waals surface area contributed by atoms with Crippen molar-refractivity contribution in [2.75, 3.05) is 11.9 Å². The molecule has 7 heteroatoms. The second-order valence-corrected chi connectivity index (χ2v) is 5.63. The molecule has 0 aliphatic heterocycles. The van der Waals surface area contributed by atoms with Crippen LogP contribution in [0.1, 0.15) is 43.0 Å². The van der Waals surface area contributed by atoms with Crippen LogP contribution < -0.4 is 21.5 Å². The molecule has 0 aromatic carbocycles. The molecule has 1 aromatic heterocycles. The number of nitrogens with two attached hydrogens (primary N) is 2. The maximum Gasteiger partial charge on any atom is 0.254 e. The van der Waals surface area contributed by atoms with Gasteiger partial charge in [-0.25, -0.2) is 0 Å². The lowest BCUT2D eigenvalue weighted by atomic mass is 9.92. The van der Waals surface area contributed by atoms with Crippen molar-refractivity contribution in [2.24, 2.45) is 11.5 Å². The molecule has 1 aromatic rings. The molecule has 1 heterocycles. The molecule has 0 saturated heterocycles. The first-order valence-corrected chi connectivity index (χ1v) is 7.54. The molecule has 1 saturated carbocycles. The van der Waals surface area contributed by atoms with Crippen LogP contribution in [0.5, 0.6) is 5.88 Å². The molecule has 6 nitrogen and oxygen atoms in total. The Bertz CT molecular complexity index is 516. The first-order chi connectivity index (χ1) is 10.0. The lowest BCUT2D eigenvalue weighted by molar-refractivity contribution is 0.0996. The van der Waals surface area contributed by atoms with Gasteiger partial charge >= 0.3 is 0 Å². The van der Waals surface area contributed by atoms with Crippen molar-refractivity contribution in [1.82, 2.24) is 4.98 Å². The summed E-state index contributed by atoms with van der Waals surface area (Å²) in [5.41, 5.74) is 11.4. The van der Waals surface area contributed by atoms with Crippen LogP contribution in [0.4, 0.5) is 5.82 Å². The van der Waals surface area contributed by atoms with Crippen LogP contribution >= 0.6 is 11.6 Å². The van der Waals surface area contributed by atoms with Gasteiger partial charge in [-0.1, -0.05) is 11.6 Å². The summed E-state index contributed by atoms with van der Waals surface area (Å²) < 4.78 is 5.37. The van der Waals surface area contributed by atoms with Crippen LogP contribution in [0, 0.1) is 0 Å². The number of carbonyl (C=O) groups excluding carboxylic acids is 1. The van der Waals surface area contributed by atoms with E-state index in [1.165, 1.54) is 6.07 Å². The fourth-order valence-corrected chi connectivity index (χ4v) is 2.66. The third-order valence-electron chi connectivity index (χ3n) is 3.60. The van der Waals surface area contributed by atoms with E-state index in [4.69, 9.17) is 27.8 Å². The Morgan fingerprint density at radius 3 is 2.71 bits per heavy atom. The first-order valence-electron chi connectivity index (χ1n) is 7.16. The normalized spacial score (nSPS) is 21.9. The standard InChI is InChI=1S/C14H21ClN4O2/c1-2-21-14-10(12(17)20)7-11(15)13(19-14)18-9-5-3-8(16)4-6-9/h7-9H,2-6,16H2,1H3,(H2,17,20)(H,18,19)/t8-,9-. The van der Waals surface area contributed by atoms with Gasteiger partial charge in [0, 0.05) is 12.1 Å². The molecule has 0 bridgehead atoms. The van der Waals surface area contributed by atoms with Crippen LogP contribution in [0.3, 0.4) is 0 Å². The Morgan fingerprint density at radius 2 is 2.14 bits per heavy atom. The van der Waals surface area contributed by atoms with Crippen LogP contribution in [-0.2, 0) is 0 Å².